The highest BCUT2D eigenvalue weighted by molar-refractivity contribution is 9.10. The lowest BCUT2D eigenvalue weighted by Gasteiger charge is -2.04. The second kappa shape index (κ2) is 6.30. The van der Waals surface area contributed by atoms with Gasteiger partial charge in [0.05, 0.1) is 12.5 Å². The molecule has 0 bridgehead atoms. The standard InChI is InChI=1S/C14H17BrN2O2/c1-3-4-11(18)8-13-16-14(17-19-13)12-6-5-10(15)7-9(12)2/h5-7,11,18H,3-4,8H2,1-2H3. The van der Waals surface area contributed by atoms with Crippen LogP contribution in [0.3, 0.4) is 0 Å². The third-order valence-corrected chi connectivity index (χ3v) is 3.42. The van der Waals surface area contributed by atoms with Crippen molar-refractivity contribution < 1.29 is 9.63 Å². The van der Waals surface area contributed by atoms with E-state index < -0.39 is 6.10 Å². The van der Waals surface area contributed by atoms with Crippen molar-refractivity contribution in [1.29, 1.82) is 0 Å². The summed E-state index contributed by atoms with van der Waals surface area (Å²) in [4.78, 5) is 4.34. The zero-order chi connectivity index (χ0) is 13.8. The average Bonchev–Trinajstić information content (AvgIpc) is 2.77. The molecular weight excluding hydrogens is 308 g/mol. The molecule has 1 aromatic heterocycles. The fourth-order valence-electron chi connectivity index (χ4n) is 1.96. The Morgan fingerprint density at radius 3 is 2.89 bits per heavy atom. The quantitative estimate of drug-likeness (QED) is 0.914. The van der Waals surface area contributed by atoms with Gasteiger partial charge in [0.1, 0.15) is 0 Å². The maximum atomic E-state index is 9.74. The average molecular weight is 325 g/mol. The first-order valence-corrected chi connectivity index (χ1v) is 7.16. The molecule has 1 aromatic carbocycles. The fraction of sp³-hybridized carbons (Fsp3) is 0.429. The number of aryl methyl sites for hydroxylation is 1. The molecule has 1 unspecified atom stereocenters. The van der Waals surface area contributed by atoms with Gasteiger partial charge in [-0.1, -0.05) is 34.4 Å². The first kappa shape index (κ1) is 14.2. The zero-order valence-corrected chi connectivity index (χ0v) is 12.6. The van der Waals surface area contributed by atoms with Gasteiger partial charge in [-0.25, -0.2) is 0 Å². The zero-order valence-electron chi connectivity index (χ0n) is 11.1. The molecule has 1 atom stereocenters. The first-order valence-electron chi connectivity index (χ1n) is 6.37. The van der Waals surface area contributed by atoms with Crippen LogP contribution in [0.25, 0.3) is 11.4 Å². The number of aliphatic hydroxyl groups excluding tert-OH is 1. The summed E-state index contributed by atoms with van der Waals surface area (Å²) in [7, 11) is 0. The largest absolute Gasteiger partial charge is 0.393 e. The Morgan fingerprint density at radius 1 is 1.42 bits per heavy atom. The van der Waals surface area contributed by atoms with Gasteiger partial charge in [0, 0.05) is 10.0 Å². The third kappa shape index (κ3) is 3.64. The number of aromatic nitrogens is 2. The van der Waals surface area contributed by atoms with Crippen LogP contribution in [0.15, 0.2) is 27.2 Å². The Morgan fingerprint density at radius 2 is 2.21 bits per heavy atom. The van der Waals surface area contributed by atoms with Crippen LogP contribution in [0.5, 0.6) is 0 Å². The lowest BCUT2D eigenvalue weighted by molar-refractivity contribution is 0.152. The summed E-state index contributed by atoms with van der Waals surface area (Å²) < 4.78 is 6.21. The molecule has 0 amide bonds. The molecule has 0 aliphatic rings. The summed E-state index contributed by atoms with van der Waals surface area (Å²) in [5.41, 5.74) is 2.03. The molecular formula is C14H17BrN2O2. The van der Waals surface area contributed by atoms with Crippen LogP contribution < -0.4 is 0 Å². The van der Waals surface area contributed by atoms with E-state index in [4.69, 9.17) is 4.52 Å². The molecule has 102 valence electrons. The van der Waals surface area contributed by atoms with E-state index in [1.54, 1.807) is 0 Å². The predicted octanol–water partition coefficient (Wildman–Crippen LogP) is 3.51. The lowest BCUT2D eigenvalue weighted by atomic mass is 10.1. The van der Waals surface area contributed by atoms with Crippen LogP contribution >= 0.6 is 15.9 Å². The van der Waals surface area contributed by atoms with Gasteiger partial charge in [-0.05, 0) is 37.1 Å². The van der Waals surface area contributed by atoms with Gasteiger partial charge in [0.2, 0.25) is 11.7 Å². The van der Waals surface area contributed by atoms with E-state index in [1.165, 1.54) is 0 Å². The molecule has 1 N–H and O–H groups in total. The maximum absolute atomic E-state index is 9.74. The van der Waals surface area contributed by atoms with Crippen molar-refractivity contribution in [3.8, 4) is 11.4 Å². The number of aliphatic hydroxyl groups is 1. The van der Waals surface area contributed by atoms with Gasteiger partial charge in [0.15, 0.2) is 0 Å². The van der Waals surface area contributed by atoms with Crippen molar-refractivity contribution >= 4 is 15.9 Å². The molecule has 0 radical (unpaired) electrons. The Kier molecular flexibility index (Phi) is 4.71. The number of nitrogens with zero attached hydrogens (tertiary/aromatic N) is 2. The maximum Gasteiger partial charge on any atom is 0.229 e. The van der Waals surface area contributed by atoms with Crippen molar-refractivity contribution in [2.75, 3.05) is 0 Å². The molecule has 19 heavy (non-hydrogen) atoms. The van der Waals surface area contributed by atoms with Crippen LogP contribution in [0.1, 0.15) is 31.2 Å². The Balaban J connectivity index is 2.16. The van der Waals surface area contributed by atoms with Crippen molar-refractivity contribution in [3.05, 3.63) is 34.1 Å². The number of hydrogen-bond acceptors (Lipinski definition) is 4. The van der Waals surface area contributed by atoms with Gasteiger partial charge in [-0.2, -0.15) is 4.98 Å². The van der Waals surface area contributed by atoms with E-state index >= 15 is 0 Å². The van der Waals surface area contributed by atoms with Crippen LogP contribution in [-0.2, 0) is 6.42 Å². The van der Waals surface area contributed by atoms with Crippen molar-refractivity contribution in [3.63, 3.8) is 0 Å². The molecule has 5 heteroatoms. The molecule has 0 saturated carbocycles. The van der Waals surface area contributed by atoms with E-state index in [0.29, 0.717) is 18.1 Å². The van der Waals surface area contributed by atoms with Gasteiger partial charge < -0.3 is 9.63 Å². The van der Waals surface area contributed by atoms with E-state index in [-0.39, 0.29) is 0 Å². The minimum Gasteiger partial charge on any atom is -0.393 e. The van der Waals surface area contributed by atoms with Crippen molar-refractivity contribution in [2.45, 2.75) is 39.2 Å². The Bertz CT molecular complexity index is 554. The third-order valence-electron chi connectivity index (χ3n) is 2.93. The molecule has 4 nitrogen and oxygen atoms in total. The van der Waals surface area contributed by atoms with Crippen molar-refractivity contribution in [2.24, 2.45) is 0 Å². The Hall–Kier alpha value is -1.20. The van der Waals surface area contributed by atoms with Gasteiger partial charge >= 0.3 is 0 Å². The second-order valence-electron chi connectivity index (χ2n) is 4.62. The second-order valence-corrected chi connectivity index (χ2v) is 5.53. The molecule has 2 aromatic rings. The molecule has 0 fully saturated rings. The summed E-state index contributed by atoms with van der Waals surface area (Å²) in [6.45, 7) is 4.04. The SMILES string of the molecule is CCCC(O)Cc1nc(-c2ccc(Br)cc2C)no1. The topological polar surface area (TPSA) is 59.2 Å². The normalized spacial score (nSPS) is 12.6. The molecule has 0 aliphatic carbocycles. The van der Waals surface area contributed by atoms with Gasteiger partial charge in [0.25, 0.3) is 0 Å². The summed E-state index contributed by atoms with van der Waals surface area (Å²) in [5.74, 6) is 1.06. The van der Waals surface area contributed by atoms with E-state index in [1.807, 2.05) is 32.0 Å². The fourth-order valence-corrected chi connectivity index (χ4v) is 2.44. The molecule has 0 aliphatic heterocycles. The molecule has 0 spiro atoms. The minimum atomic E-state index is -0.413. The number of benzene rings is 1. The highest BCUT2D eigenvalue weighted by Crippen LogP contribution is 2.24. The highest BCUT2D eigenvalue weighted by Gasteiger charge is 2.14. The van der Waals surface area contributed by atoms with Crippen LogP contribution in [0, 0.1) is 6.92 Å². The smallest absolute Gasteiger partial charge is 0.229 e. The van der Waals surface area contributed by atoms with Gasteiger partial charge in [-0.15, -0.1) is 0 Å². The number of halogens is 1. The summed E-state index contributed by atoms with van der Waals surface area (Å²) in [5, 5.41) is 13.7. The van der Waals surface area contributed by atoms with E-state index in [0.717, 1.165) is 28.4 Å². The van der Waals surface area contributed by atoms with Crippen LogP contribution in [-0.4, -0.2) is 21.4 Å². The van der Waals surface area contributed by atoms with E-state index in [2.05, 4.69) is 26.1 Å². The summed E-state index contributed by atoms with van der Waals surface area (Å²) in [6.07, 6.45) is 1.68. The van der Waals surface area contributed by atoms with Gasteiger partial charge in [-0.3, -0.25) is 0 Å². The predicted molar refractivity (Wildman–Crippen MR) is 76.8 cm³/mol. The Labute approximate surface area is 121 Å². The molecule has 0 saturated heterocycles. The first-order chi connectivity index (χ1) is 9.10. The summed E-state index contributed by atoms with van der Waals surface area (Å²) >= 11 is 3.43. The van der Waals surface area contributed by atoms with Crippen LogP contribution in [0.2, 0.25) is 0 Å². The molecule has 1 heterocycles. The lowest BCUT2D eigenvalue weighted by Crippen LogP contribution is -2.09. The van der Waals surface area contributed by atoms with E-state index in [9.17, 15) is 5.11 Å². The number of hydrogen-bond donors (Lipinski definition) is 1. The monoisotopic (exact) mass is 324 g/mol. The molecule has 2 rings (SSSR count). The minimum absolute atomic E-state index is 0.413. The highest BCUT2D eigenvalue weighted by atomic mass is 79.9. The van der Waals surface area contributed by atoms with Crippen LogP contribution in [0.4, 0.5) is 0 Å². The van der Waals surface area contributed by atoms with Crippen molar-refractivity contribution in [1.82, 2.24) is 10.1 Å². The summed E-state index contributed by atoms with van der Waals surface area (Å²) in [6, 6.07) is 5.91. The number of rotatable bonds is 5.